The summed E-state index contributed by atoms with van der Waals surface area (Å²) in [5.74, 6) is 1.91. The number of fused-ring (bicyclic) bond motifs is 4. The quantitative estimate of drug-likeness (QED) is 0.283. The molecule has 7 rings (SSSR count). The molecular formula is C28H28N8O2S2. The Kier molecular flexibility index (Phi) is 6.66. The van der Waals surface area contributed by atoms with Gasteiger partial charge in [0.05, 0.1) is 22.1 Å². The standard InChI is InChI=1S/C28H28N8O2S2/c37-24(36-11-9-35(10-12-36)23-3-1-2-8-29-23)15-30-17-4-6-19-21(13-17)39-27-25(19)26(31-16-32-27)33-18-5-7-20-22(14-18)40-28(38)34-20/h1-3,5,7-8,14,16-17,30H,4,6,9-13,15H2,(H,34,38)(H,31,32,33). The molecule has 10 nitrogen and oxygen atoms in total. The van der Waals surface area contributed by atoms with Crippen molar-refractivity contribution in [3.05, 3.63) is 69.0 Å². The number of aromatic amines is 1. The number of carbonyl (C=O) groups is 1. The van der Waals surface area contributed by atoms with Gasteiger partial charge in [-0.3, -0.25) is 9.59 Å². The lowest BCUT2D eigenvalue weighted by atomic mass is 9.93. The largest absolute Gasteiger partial charge is 0.353 e. The number of nitrogens with one attached hydrogen (secondary N) is 3. The van der Waals surface area contributed by atoms with E-state index in [2.05, 4.69) is 35.5 Å². The van der Waals surface area contributed by atoms with E-state index >= 15 is 0 Å². The van der Waals surface area contributed by atoms with E-state index in [1.165, 1.54) is 21.8 Å². The number of piperazine rings is 1. The highest BCUT2D eigenvalue weighted by Crippen LogP contribution is 2.39. The van der Waals surface area contributed by atoms with Crippen molar-refractivity contribution < 1.29 is 4.79 Å². The minimum absolute atomic E-state index is 0.0588. The molecule has 2 aliphatic rings. The van der Waals surface area contributed by atoms with E-state index in [0.29, 0.717) is 19.6 Å². The molecule has 0 bridgehead atoms. The molecule has 12 heteroatoms. The van der Waals surface area contributed by atoms with E-state index in [-0.39, 0.29) is 16.8 Å². The SMILES string of the molecule is O=C(CNC1CCc2c(sc3ncnc(Nc4ccc5[nH]c(=O)sc5c4)c23)C1)N1CCN(c2ccccn2)CC1. The number of hydrogen-bond acceptors (Lipinski definition) is 10. The Morgan fingerprint density at radius 1 is 1.07 bits per heavy atom. The highest BCUT2D eigenvalue weighted by molar-refractivity contribution is 7.19. The zero-order chi connectivity index (χ0) is 27.1. The molecule has 204 valence electrons. The Morgan fingerprint density at radius 2 is 1.98 bits per heavy atom. The van der Waals surface area contributed by atoms with Crippen LogP contribution in [0, 0.1) is 0 Å². The molecule has 3 N–H and O–H groups in total. The molecule has 1 aromatic carbocycles. The second-order valence-corrected chi connectivity index (χ2v) is 12.2. The van der Waals surface area contributed by atoms with Crippen LogP contribution in [-0.2, 0) is 17.6 Å². The van der Waals surface area contributed by atoms with E-state index < -0.39 is 0 Å². The Hall–Kier alpha value is -3.87. The van der Waals surface area contributed by atoms with Gasteiger partial charge < -0.3 is 25.4 Å². The van der Waals surface area contributed by atoms with Crippen molar-refractivity contribution in [3.8, 4) is 0 Å². The molecule has 0 radical (unpaired) electrons. The molecule has 0 spiro atoms. The predicted molar refractivity (Wildman–Crippen MR) is 160 cm³/mol. The average Bonchev–Trinajstić information content (AvgIpc) is 3.55. The third-order valence-corrected chi connectivity index (χ3v) is 9.68. The number of pyridine rings is 1. The Morgan fingerprint density at radius 3 is 2.83 bits per heavy atom. The maximum absolute atomic E-state index is 13.0. The Balaban J connectivity index is 0.992. The van der Waals surface area contributed by atoms with Crippen LogP contribution in [0.4, 0.5) is 17.3 Å². The second kappa shape index (κ2) is 10.6. The molecule has 1 amide bonds. The number of benzene rings is 1. The number of H-pyrrole nitrogens is 1. The number of aromatic nitrogens is 4. The van der Waals surface area contributed by atoms with Gasteiger partial charge in [-0.1, -0.05) is 17.4 Å². The maximum Gasteiger partial charge on any atom is 0.305 e. The molecule has 1 atom stereocenters. The van der Waals surface area contributed by atoms with E-state index in [9.17, 15) is 9.59 Å². The van der Waals surface area contributed by atoms with Crippen LogP contribution in [0.1, 0.15) is 16.9 Å². The fourth-order valence-corrected chi connectivity index (χ4v) is 7.65. The summed E-state index contributed by atoms with van der Waals surface area (Å²) < 4.78 is 0.909. The second-order valence-electron chi connectivity index (χ2n) is 10.1. The zero-order valence-electron chi connectivity index (χ0n) is 21.7. The summed E-state index contributed by atoms with van der Waals surface area (Å²) in [4.78, 5) is 47.5. The summed E-state index contributed by atoms with van der Waals surface area (Å²) in [5, 5.41) is 8.06. The number of nitrogens with zero attached hydrogens (tertiary/aromatic N) is 5. The summed E-state index contributed by atoms with van der Waals surface area (Å²) in [7, 11) is 0. The predicted octanol–water partition coefficient (Wildman–Crippen LogP) is 3.53. The first-order valence-electron chi connectivity index (χ1n) is 13.4. The first-order valence-corrected chi connectivity index (χ1v) is 15.1. The normalized spacial score (nSPS) is 17.4. The minimum Gasteiger partial charge on any atom is -0.353 e. The van der Waals surface area contributed by atoms with Gasteiger partial charge in [0, 0.05) is 49.0 Å². The third kappa shape index (κ3) is 4.93. The molecule has 1 aliphatic heterocycles. The highest BCUT2D eigenvalue weighted by atomic mass is 32.1. The first-order chi connectivity index (χ1) is 19.6. The topological polar surface area (TPSA) is 119 Å². The number of anilines is 3. The van der Waals surface area contributed by atoms with Gasteiger partial charge in [0.1, 0.15) is 22.8 Å². The summed E-state index contributed by atoms with van der Waals surface area (Å²) >= 11 is 2.91. The molecule has 5 aromatic rings. The smallest absolute Gasteiger partial charge is 0.305 e. The van der Waals surface area contributed by atoms with Crippen LogP contribution in [0.3, 0.4) is 0 Å². The van der Waals surface area contributed by atoms with Crippen LogP contribution in [0.15, 0.2) is 53.7 Å². The average molecular weight is 573 g/mol. The van der Waals surface area contributed by atoms with Crippen molar-refractivity contribution in [2.24, 2.45) is 0 Å². The summed E-state index contributed by atoms with van der Waals surface area (Å²) in [6, 6.07) is 12.0. The van der Waals surface area contributed by atoms with Crippen LogP contribution in [0.2, 0.25) is 0 Å². The van der Waals surface area contributed by atoms with Gasteiger partial charge in [-0.2, -0.15) is 0 Å². The van der Waals surface area contributed by atoms with Gasteiger partial charge in [0.25, 0.3) is 0 Å². The van der Waals surface area contributed by atoms with Crippen molar-refractivity contribution in [3.63, 3.8) is 0 Å². The van der Waals surface area contributed by atoms with E-state index in [0.717, 1.165) is 70.1 Å². The van der Waals surface area contributed by atoms with Gasteiger partial charge in [0.2, 0.25) is 5.91 Å². The Bertz CT molecular complexity index is 1740. The molecular weight excluding hydrogens is 544 g/mol. The number of carbonyl (C=O) groups excluding carboxylic acids is 1. The number of rotatable bonds is 6. The van der Waals surface area contributed by atoms with Crippen molar-refractivity contribution in [1.82, 2.24) is 30.2 Å². The molecule has 4 aromatic heterocycles. The van der Waals surface area contributed by atoms with Crippen LogP contribution < -0.4 is 20.4 Å². The van der Waals surface area contributed by atoms with Gasteiger partial charge in [-0.15, -0.1) is 11.3 Å². The maximum atomic E-state index is 13.0. The number of aryl methyl sites for hydroxylation is 1. The van der Waals surface area contributed by atoms with Crippen molar-refractivity contribution in [2.45, 2.75) is 25.3 Å². The van der Waals surface area contributed by atoms with E-state index in [1.807, 2.05) is 47.5 Å². The van der Waals surface area contributed by atoms with Crippen molar-refractivity contribution in [2.75, 3.05) is 42.9 Å². The first kappa shape index (κ1) is 25.1. The lowest BCUT2D eigenvalue weighted by molar-refractivity contribution is -0.130. The lowest BCUT2D eigenvalue weighted by Crippen LogP contribution is -2.52. The molecule has 40 heavy (non-hydrogen) atoms. The Labute approximate surface area is 238 Å². The highest BCUT2D eigenvalue weighted by Gasteiger charge is 2.27. The van der Waals surface area contributed by atoms with Crippen molar-refractivity contribution >= 4 is 66.3 Å². The van der Waals surface area contributed by atoms with Gasteiger partial charge in [-0.25, -0.2) is 15.0 Å². The molecule has 1 unspecified atom stereocenters. The zero-order valence-corrected chi connectivity index (χ0v) is 23.4. The van der Waals surface area contributed by atoms with Crippen molar-refractivity contribution in [1.29, 1.82) is 0 Å². The van der Waals surface area contributed by atoms with Gasteiger partial charge in [-0.05, 0) is 55.2 Å². The van der Waals surface area contributed by atoms with E-state index in [4.69, 9.17) is 0 Å². The molecule has 1 fully saturated rings. The third-order valence-electron chi connectivity index (χ3n) is 7.68. The lowest BCUT2D eigenvalue weighted by Gasteiger charge is -2.35. The van der Waals surface area contributed by atoms with Crippen LogP contribution in [0.5, 0.6) is 0 Å². The summed E-state index contributed by atoms with van der Waals surface area (Å²) in [6.45, 7) is 3.38. The van der Waals surface area contributed by atoms with Crippen LogP contribution in [0.25, 0.3) is 20.4 Å². The molecule has 0 saturated carbocycles. The number of hydrogen-bond donors (Lipinski definition) is 3. The number of thiophene rings is 1. The molecule has 5 heterocycles. The fraction of sp³-hybridized carbons (Fsp3) is 0.321. The number of thiazole rings is 1. The van der Waals surface area contributed by atoms with Crippen LogP contribution in [-0.4, -0.2) is 69.5 Å². The number of amides is 1. The summed E-state index contributed by atoms with van der Waals surface area (Å²) in [5.41, 5.74) is 3.02. The summed E-state index contributed by atoms with van der Waals surface area (Å²) in [6.07, 6.45) is 6.14. The van der Waals surface area contributed by atoms with E-state index in [1.54, 1.807) is 17.7 Å². The minimum atomic E-state index is -0.0588. The van der Waals surface area contributed by atoms with Crippen LogP contribution >= 0.6 is 22.7 Å². The monoisotopic (exact) mass is 572 g/mol. The fourth-order valence-electron chi connectivity index (χ4n) is 5.61. The van der Waals surface area contributed by atoms with Gasteiger partial charge >= 0.3 is 4.87 Å². The molecule has 1 saturated heterocycles. The van der Waals surface area contributed by atoms with Gasteiger partial charge in [0.15, 0.2) is 0 Å². The molecule has 1 aliphatic carbocycles.